The summed E-state index contributed by atoms with van der Waals surface area (Å²) in [6.45, 7) is 15.5. The molecule has 1 aliphatic rings. The molecule has 0 spiro atoms. The van der Waals surface area contributed by atoms with Gasteiger partial charge in [-0.25, -0.2) is 4.79 Å². The number of rotatable bonds is 6. The lowest BCUT2D eigenvalue weighted by atomic mass is 9.83. The third kappa shape index (κ3) is 6.46. The smallest absolute Gasteiger partial charge is 0.337 e. The molecule has 0 amide bonds. The average molecular weight is 512 g/mol. The van der Waals surface area contributed by atoms with Gasteiger partial charge < -0.3 is 14.6 Å². The Kier molecular flexibility index (Phi) is 9.53. The van der Waals surface area contributed by atoms with Crippen LogP contribution in [0.1, 0.15) is 57.4 Å². The van der Waals surface area contributed by atoms with Crippen LogP contribution in [-0.2, 0) is 20.8 Å². The summed E-state index contributed by atoms with van der Waals surface area (Å²) < 4.78 is 11.7. The third-order valence-electron chi connectivity index (χ3n) is 6.22. The van der Waals surface area contributed by atoms with Crippen LogP contribution in [0.15, 0.2) is 48.5 Å². The normalized spacial score (nSPS) is 15.3. The van der Waals surface area contributed by atoms with E-state index in [1.807, 2.05) is 77.9 Å². The molecule has 1 aliphatic heterocycles. The molecule has 0 radical (unpaired) electrons. The van der Waals surface area contributed by atoms with Crippen molar-refractivity contribution in [2.45, 2.75) is 59.8 Å². The van der Waals surface area contributed by atoms with Gasteiger partial charge in [-0.1, -0.05) is 61.8 Å². The van der Waals surface area contributed by atoms with Crippen molar-refractivity contribution in [2.75, 3.05) is 26.3 Å². The Labute approximate surface area is 220 Å². The number of carboxylic acid groups (broad SMARTS) is 1. The number of hydrogen-bond donors (Lipinski definition) is 1. The SMILES string of the molecule is CC.Cc1c(C(OC(C)(C)C)C(=O)O)c(-c2ccc(Cl)cc2)c2ccccc2c1CN1CCOCC1. The minimum absolute atomic E-state index is 0.635. The van der Waals surface area contributed by atoms with Gasteiger partial charge in [0.1, 0.15) is 0 Å². The predicted molar refractivity (Wildman–Crippen MR) is 148 cm³/mol. The molecule has 194 valence electrons. The molecule has 0 bridgehead atoms. The zero-order valence-corrected chi connectivity index (χ0v) is 23.0. The molecule has 1 saturated heterocycles. The minimum atomic E-state index is -1.11. The van der Waals surface area contributed by atoms with Crippen LogP contribution in [0.25, 0.3) is 21.9 Å². The highest BCUT2D eigenvalue weighted by molar-refractivity contribution is 6.30. The van der Waals surface area contributed by atoms with E-state index in [1.165, 1.54) is 0 Å². The molecule has 1 fully saturated rings. The van der Waals surface area contributed by atoms with Crippen molar-refractivity contribution in [2.24, 2.45) is 0 Å². The van der Waals surface area contributed by atoms with Crippen LogP contribution in [0.5, 0.6) is 0 Å². The highest BCUT2D eigenvalue weighted by Gasteiger charge is 2.33. The van der Waals surface area contributed by atoms with Gasteiger partial charge in [0.2, 0.25) is 0 Å². The monoisotopic (exact) mass is 511 g/mol. The van der Waals surface area contributed by atoms with Gasteiger partial charge in [-0.15, -0.1) is 0 Å². The van der Waals surface area contributed by atoms with E-state index in [4.69, 9.17) is 21.1 Å². The van der Waals surface area contributed by atoms with Crippen LogP contribution in [0.4, 0.5) is 0 Å². The van der Waals surface area contributed by atoms with Crippen molar-refractivity contribution in [3.8, 4) is 11.1 Å². The fraction of sp³-hybridized carbons (Fsp3) is 0.433. The molecule has 0 saturated carbocycles. The molecule has 0 aromatic heterocycles. The standard InChI is InChI=1S/C28H32ClNO4.C2H6/c1-18-23(17-30-13-15-33-16-14-30)21-7-5-6-8-22(21)25(19-9-11-20(29)12-10-19)24(18)26(27(31)32)34-28(2,3)4;1-2/h5-12,26H,13-17H2,1-4H3,(H,31,32);1-2H3. The molecule has 3 aromatic rings. The van der Waals surface area contributed by atoms with Gasteiger partial charge in [0.15, 0.2) is 6.10 Å². The number of aliphatic carboxylic acids is 1. The Morgan fingerprint density at radius 3 is 2.19 bits per heavy atom. The maximum Gasteiger partial charge on any atom is 0.337 e. The van der Waals surface area contributed by atoms with Gasteiger partial charge in [0.25, 0.3) is 0 Å². The summed E-state index contributed by atoms with van der Waals surface area (Å²) in [6, 6.07) is 15.8. The van der Waals surface area contributed by atoms with Crippen molar-refractivity contribution < 1.29 is 19.4 Å². The maximum atomic E-state index is 12.6. The summed E-state index contributed by atoms with van der Waals surface area (Å²) in [7, 11) is 0. The Morgan fingerprint density at radius 2 is 1.64 bits per heavy atom. The molecule has 36 heavy (non-hydrogen) atoms. The van der Waals surface area contributed by atoms with E-state index in [2.05, 4.69) is 17.0 Å². The van der Waals surface area contributed by atoms with Gasteiger partial charge >= 0.3 is 5.97 Å². The summed E-state index contributed by atoms with van der Waals surface area (Å²) in [5, 5.41) is 13.1. The molecule has 1 heterocycles. The Hall–Kier alpha value is -2.44. The maximum absolute atomic E-state index is 12.6. The van der Waals surface area contributed by atoms with E-state index in [0.717, 1.165) is 52.7 Å². The van der Waals surface area contributed by atoms with Crippen LogP contribution in [-0.4, -0.2) is 47.9 Å². The van der Waals surface area contributed by atoms with Crippen LogP contribution < -0.4 is 0 Å². The zero-order chi connectivity index (χ0) is 26.5. The number of carbonyl (C=O) groups is 1. The lowest BCUT2D eigenvalue weighted by Gasteiger charge is -2.32. The first-order valence-electron chi connectivity index (χ1n) is 12.7. The molecule has 1 N–H and O–H groups in total. The summed E-state index contributed by atoms with van der Waals surface area (Å²) >= 11 is 6.19. The number of benzene rings is 3. The molecule has 3 aromatic carbocycles. The van der Waals surface area contributed by atoms with Gasteiger partial charge in [-0.2, -0.15) is 0 Å². The quantitative estimate of drug-likeness (QED) is 0.377. The molecule has 4 rings (SSSR count). The zero-order valence-electron chi connectivity index (χ0n) is 22.2. The molecule has 6 heteroatoms. The largest absolute Gasteiger partial charge is 0.479 e. The lowest BCUT2D eigenvalue weighted by molar-refractivity contribution is -0.160. The first-order chi connectivity index (χ1) is 17.2. The molecule has 1 atom stereocenters. The average Bonchev–Trinajstić information content (AvgIpc) is 2.86. The fourth-order valence-electron chi connectivity index (χ4n) is 4.69. The highest BCUT2D eigenvalue weighted by Crippen LogP contribution is 2.43. The van der Waals surface area contributed by atoms with E-state index in [1.54, 1.807) is 0 Å². The molecular weight excluding hydrogens is 474 g/mol. The minimum Gasteiger partial charge on any atom is -0.479 e. The van der Waals surface area contributed by atoms with Gasteiger partial charge in [0, 0.05) is 30.2 Å². The van der Waals surface area contributed by atoms with Crippen molar-refractivity contribution >= 4 is 28.3 Å². The Morgan fingerprint density at radius 1 is 1.06 bits per heavy atom. The predicted octanol–water partition coefficient (Wildman–Crippen LogP) is 7.27. The van der Waals surface area contributed by atoms with Crippen LogP contribution in [0.3, 0.4) is 0 Å². The second kappa shape index (κ2) is 12.2. The summed E-state index contributed by atoms with van der Waals surface area (Å²) in [6.07, 6.45) is -1.11. The van der Waals surface area contributed by atoms with Crippen LogP contribution in [0.2, 0.25) is 5.02 Å². The first-order valence-corrected chi connectivity index (χ1v) is 13.0. The Bertz CT molecular complexity index is 1180. The van der Waals surface area contributed by atoms with Crippen LogP contribution >= 0.6 is 11.6 Å². The van der Waals surface area contributed by atoms with E-state index in [0.29, 0.717) is 23.8 Å². The number of nitrogens with zero attached hydrogens (tertiary/aromatic N) is 1. The highest BCUT2D eigenvalue weighted by atomic mass is 35.5. The number of carboxylic acids is 1. The number of ether oxygens (including phenoxy) is 2. The number of fused-ring (bicyclic) bond motifs is 1. The topological polar surface area (TPSA) is 59.0 Å². The van der Waals surface area contributed by atoms with Crippen LogP contribution in [0, 0.1) is 6.92 Å². The fourth-order valence-corrected chi connectivity index (χ4v) is 4.82. The van der Waals surface area contributed by atoms with Gasteiger partial charge in [-0.05, 0) is 72.9 Å². The second-order valence-corrected chi connectivity index (χ2v) is 10.2. The van der Waals surface area contributed by atoms with Crippen molar-refractivity contribution in [1.29, 1.82) is 0 Å². The second-order valence-electron chi connectivity index (χ2n) is 9.78. The molecule has 1 unspecified atom stereocenters. The van der Waals surface area contributed by atoms with Gasteiger partial charge in [0.05, 0.1) is 18.8 Å². The molecule has 0 aliphatic carbocycles. The van der Waals surface area contributed by atoms with E-state index in [9.17, 15) is 9.90 Å². The summed E-state index contributed by atoms with van der Waals surface area (Å²) in [4.78, 5) is 15.0. The van der Waals surface area contributed by atoms with Crippen molar-refractivity contribution in [1.82, 2.24) is 4.90 Å². The summed E-state index contributed by atoms with van der Waals surface area (Å²) in [5.41, 5.74) is 3.95. The van der Waals surface area contributed by atoms with E-state index >= 15 is 0 Å². The lowest BCUT2D eigenvalue weighted by Crippen LogP contribution is -2.36. The number of morpholine rings is 1. The van der Waals surface area contributed by atoms with E-state index in [-0.39, 0.29) is 0 Å². The molecule has 5 nitrogen and oxygen atoms in total. The van der Waals surface area contributed by atoms with E-state index < -0.39 is 17.7 Å². The first kappa shape index (κ1) is 28.1. The number of hydrogen-bond acceptors (Lipinski definition) is 4. The summed E-state index contributed by atoms with van der Waals surface area (Å²) in [5.74, 6) is -0.999. The third-order valence-corrected chi connectivity index (χ3v) is 6.48. The van der Waals surface area contributed by atoms with Crippen molar-refractivity contribution in [3.63, 3.8) is 0 Å². The number of halogens is 1. The molecular formula is C30H38ClNO4. The van der Waals surface area contributed by atoms with Gasteiger partial charge in [-0.3, -0.25) is 4.90 Å². The Balaban J connectivity index is 0.00000176. The van der Waals surface area contributed by atoms with Crippen molar-refractivity contribution in [3.05, 3.63) is 70.2 Å².